The zero-order valence-electron chi connectivity index (χ0n) is 11.7. The van der Waals surface area contributed by atoms with E-state index in [1.165, 1.54) is 5.69 Å². The molecule has 0 unspecified atom stereocenters. The van der Waals surface area contributed by atoms with E-state index in [4.69, 9.17) is 5.14 Å². The van der Waals surface area contributed by atoms with Crippen LogP contribution >= 0.6 is 0 Å². The van der Waals surface area contributed by atoms with E-state index < -0.39 is 10.2 Å². The minimum absolute atomic E-state index is 0.173. The normalized spacial score (nSPS) is 19.0. The highest BCUT2D eigenvalue weighted by atomic mass is 32.2. The molecule has 1 atom stereocenters. The van der Waals surface area contributed by atoms with Crippen LogP contribution in [0.5, 0.6) is 0 Å². The molecule has 0 bridgehead atoms. The van der Waals surface area contributed by atoms with E-state index in [1.54, 1.807) is 0 Å². The topological polar surface area (TPSA) is 78.7 Å². The number of nitrogens with two attached hydrogens (primary N) is 1. The molecule has 1 aliphatic heterocycles. The van der Waals surface area contributed by atoms with Crippen LogP contribution in [0.4, 0.5) is 5.69 Å². The Kier molecular flexibility index (Phi) is 4.98. The molecule has 0 amide bonds. The largest absolute Gasteiger partial charge is 0.369 e. The van der Waals surface area contributed by atoms with Crippen molar-refractivity contribution in [3.05, 3.63) is 30.3 Å². The lowest BCUT2D eigenvalue weighted by Gasteiger charge is -2.37. The summed E-state index contributed by atoms with van der Waals surface area (Å²) >= 11 is 0. The summed E-state index contributed by atoms with van der Waals surface area (Å²) in [6.45, 7) is 6.25. The Bertz CT molecular complexity index is 512. The maximum Gasteiger partial charge on any atom is 0.274 e. The minimum Gasteiger partial charge on any atom is -0.369 e. The molecule has 7 heteroatoms. The van der Waals surface area contributed by atoms with Crippen molar-refractivity contribution in [1.82, 2.24) is 9.62 Å². The van der Waals surface area contributed by atoms with Gasteiger partial charge in [0.25, 0.3) is 10.2 Å². The van der Waals surface area contributed by atoms with Gasteiger partial charge in [0, 0.05) is 44.5 Å². The van der Waals surface area contributed by atoms with E-state index in [9.17, 15) is 8.42 Å². The second-order valence-electron chi connectivity index (χ2n) is 5.19. The maximum atomic E-state index is 11.0. The van der Waals surface area contributed by atoms with Gasteiger partial charge in [-0.25, -0.2) is 5.14 Å². The number of nitrogens with zero attached hydrogens (tertiary/aromatic N) is 2. The van der Waals surface area contributed by atoms with Gasteiger partial charge in [0.1, 0.15) is 0 Å². The number of para-hydroxylation sites is 1. The molecule has 0 aromatic heterocycles. The molecule has 1 aromatic rings. The summed E-state index contributed by atoms with van der Waals surface area (Å²) < 4.78 is 24.3. The van der Waals surface area contributed by atoms with E-state index in [-0.39, 0.29) is 6.04 Å². The van der Waals surface area contributed by atoms with Gasteiger partial charge in [0.15, 0.2) is 0 Å². The van der Waals surface area contributed by atoms with Gasteiger partial charge in [-0.3, -0.25) is 4.90 Å². The number of nitrogens with one attached hydrogen (secondary N) is 1. The highest BCUT2D eigenvalue weighted by Gasteiger charge is 2.19. The average molecular weight is 298 g/mol. The fourth-order valence-corrected chi connectivity index (χ4v) is 3.17. The van der Waals surface area contributed by atoms with Crippen molar-refractivity contribution in [2.45, 2.75) is 13.0 Å². The minimum atomic E-state index is -3.61. The van der Waals surface area contributed by atoms with Crippen molar-refractivity contribution >= 4 is 15.9 Å². The lowest BCUT2D eigenvalue weighted by molar-refractivity contribution is 0.242. The third-order valence-electron chi connectivity index (χ3n) is 3.39. The Morgan fingerprint density at radius 2 is 1.80 bits per heavy atom. The van der Waals surface area contributed by atoms with Gasteiger partial charge < -0.3 is 4.90 Å². The fourth-order valence-electron chi connectivity index (χ4n) is 2.53. The van der Waals surface area contributed by atoms with Crippen LogP contribution in [0.2, 0.25) is 0 Å². The van der Waals surface area contributed by atoms with Crippen LogP contribution in [0.25, 0.3) is 0 Å². The van der Waals surface area contributed by atoms with Gasteiger partial charge in [-0.15, -0.1) is 0 Å². The standard InChI is InChI=1S/C13H22N4O2S/c1-12(15-20(14,18)19)11-16-7-9-17(10-8-16)13-5-3-2-4-6-13/h2-6,12,15H,7-11H2,1H3,(H2,14,18,19)/t12-/m1/s1. The quantitative estimate of drug-likeness (QED) is 0.801. The highest BCUT2D eigenvalue weighted by molar-refractivity contribution is 7.87. The van der Waals surface area contributed by atoms with Crippen LogP contribution in [0, 0.1) is 0 Å². The second-order valence-corrected chi connectivity index (χ2v) is 6.51. The van der Waals surface area contributed by atoms with Gasteiger partial charge in [0.2, 0.25) is 0 Å². The molecule has 112 valence electrons. The summed E-state index contributed by atoms with van der Waals surface area (Å²) in [6.07, 6.45) is 0. The molecule has 0 aliphatic carbocycles. The summed E-state index contributed by atoms with van der Waals surface area (Å²) in [6, 6.07) is 10.1. The molecular formula is C13H22N4O2S. The van der Waals surface area contributed by atoms with Crippen molar-refractivity contribution in [2.75, 3.05) is 37.6 Å². The van der Waals surface area contributed by atoms with Crippen LogP contribution in [0.1, 0.15) is 6.92 Å². The lowest BCUT2D eigenvalue weighted by atomic mass is 10.2. The molecule has 3 N–H and O–H groups in total. The number of hydrogen-bond acceptors (Lipinski definition) is 4. The van der Waals surface area contributed by atoms with Gasteiger partial charge >= 0.3 is 0 Å². The van der Waals surface area contributed by atoms with Crippen molar-refractivity contribution in [3.8, 4) is 0 Å². The molecule has 1 saturated heterocycles. The van der Waals surface area contributed by atoms with Crippen molar-refractivity contribution in [2.24, 2.45) is 5.14 Å². The zero-order chi connectivity index (χ0) is 14.6. The molecule has 0 saturated carbocycles. The van der Waals surface area contributed by atoms with Gasteiger partial charge in [-0.1, -0.05) is 18.2 Å². The first kappa shape index (κ1) is 15.2. The Morgan fingerprint density at radius 1 is 1.20 bits per heavy atom. The van der Waals surface area contributed by atoms with Crippen LogP contribution in [0.3, 0.4) is 0 Å². The second kappa shape index (κ2) is 6.53. The first-order valence-electron chi connectivity index (χ1n) is 6.76. The summed E-state index contributed by atoms with van der Waals surface area (Å²) in [5.41, 5.74) is 1.24. The Labute approximate surface area is 120 Å². The van der Waals surface area contributed by atoms with E-state index >= 15 is 0 Å². The number of hydrogen-bond donors (Lipinski definition) is 2. The van der Waals surface area contributed by atoms with Crippen molar-refractivity contribution < 1.29 is 8.42 Å². The third kappa shape index (κ3) is 4.75. The van der Waals surface area contributed by atoms with Gasteiger partial charge in [0.05, 0.1) is 0 Å². The van der Waals surface area contributed by atoms with Crippen LogP contribution < -0.4 is 14.8 Å². The third-order valence-corrected chi connectivity index (χ3v) is 4.12. The molecule has 0 radical (unpaired) electrons. The maximum absolute atomic E-state index is 11.0. The molecule has 20 heavy (non-hydrogen) atoms. The molecule has 0 spiro atoms. The van der Waals surface area contributed by atoms with E-state index in [0.717, 1.165) is 26.2 Å². The molecule has 1 aliphatic rings. The van der Waals surface area contributed by atoms with Gasteiger partial charge in [-0.05, 0) is 19.1 Å². The molecule has 1 fully saturated rings. The SMILES string of the molecule is C[C@H](CN1CCN(c2ccccc2)CC1)NS(N)(=O)=O. The summed E-state index contributed by atoms with van der Waals surface area (Å²) in [4.78, 5) is 4.59. The van der Waals surface area contributed by atoms with Crippen LogP contribution in [-0.2, 0) is 10.2 Å². The lowest BCUT2D eigenvalue weighted by Crippen LogP contribution is -2.51. The molecular weight excluding hydrogens is 276 g/mol. The Hall–Kier alpha value is -1.15. The monoisotopic (exact) mass is 298 g/mol. The van der Waals surface area contributed by atoms with Crippen molar-refractivity contribution in [3.63, 3.8) is 0 Å². The smallest absolute Gasteiger partial charge is 0.274 e. The van der Waals surface area contributed by atoms with E-state index in [2.05, 4.69) is 26.7 Å². The first-order chi connectivity index (χ1) is 9.44. The highest BCUT2D eigenvalue weighted by Crippen LogP contribution is 2.15. The summed E-state index contributed by atoms with van der Waals surface area (Å²) in [5, 5.41) is 4.97. The number of rotatable bonds is 5. The summed E-state index contributed by atoms with van der Waals surface area (Å²) in [7, 11) is -3.61. The Morgan fingerprint density at radius 3 is 2.35 bits per heavy atom. The van der Waals surface area contributed by atoms with Crippen LogP contribution in [-0.4, -0.2) is 52.1 Å². The van der Waals surface area contributed by atoms with Gasteiger partial charge in [-0.2, -0.15) is 13.1 Å². The number of benzene rings is 1. The predicted octanol–water partition coefficient (Wildman–Crippen LogP) is -0.00980. The Balaban J connectivity index is 1.80. The van der Waals surface area contributed by atoms with Crippen LogP contribution in [0.15, 0.2) is 30.3 Å². The molecule has 1 heterocycles. The number of anilines is 1. The first-order valence-corrected chi connectivity index (χ1v) is 8.31. The predicted molar refractivity (Wildman–Crippen MR) is 80.8 cm³/mol. The fraction of sp³-hybridized carbons (Fsp3) is 0.538. The zero-order valence-corrected chi connectivity index (χ0v) is 12.5. The molecule has 1 aromatic carbocycles. The van der Waals surface area contributed by atoms with E-state index in [1.807, 2.05) is 25.1 Å². The average Bonchev–Trinajstić information content (AvgIpc) is 2.38. The van der Waals surface area contributed by atoms with E-state index in [0.29, 0.717) is 6.54 Å². The van der Waals surface area contributed by atoms with Crippen molar-refractivity contribution in [1.29, 1.82) is 0 Å². The summed E-state index contributed by atoms with van der Waals surface area (Å²) in [5.74, 6) is 0. The molecule has 2 rings (SSSR count). The number of piperazine rings is 1. The molecule has 6 nitrogen and oxygen atoms in total.